The van der Waals surface area contributed by atoms with Crippen LogP contribution in [0.15, 0.2) is 18.2 Å². The Labute approximate surface area is 119 Å². The van der Waals surface area contributed by atoms with Crippen LogP contribution in [0.5, 0.6) is 0 Å². The quantitative estimate of drug-likeness (QED) is 0.604. The van der Waals surface area contributed by atoms with E-state index < -0.39 is 0 Å². The highest BCUT2D eigenvalue weighted by atomic mass is 14.3. The van der Waals surface area contributed by atoms with E-state index in [0.29, 0.717) is 0 Å². The fraction of sp³-hybridized carbons (Fsp3) is 0.684. The van der Waals surface area contributed by atoms with Crippen molar-refractivity contribution in [2.24, 2.45) is 5.92 Å². The Morgan fingerprint density at radius 2 is 1.79 bits per heavy atom. The average Bonchev–Trinajstić information content (AvgIpc) is 2.41. The molecule has 0 heteroatoms. The van der Waals surface area contributed by atoms with E-state index in [1.165, 1.54) is 44.1 Å². The Hall–Kier alpha value is -0.780. The van der Waals surface area contributed by atoms with Gasteiger partial charge in [-0.05, 0) is 60.6 Å². The van der Waals surface area contributed by atoms with Crippen LogP contribution in [0, 0.1) is 12.8 Å². The lowest BCUT2D eigenvalue weighted by Gasteiger charge is -2.30. The van der Waals surface area contributed by atoms with Gasteiger partial charge in [-0.25, -0.2) is 0 Å². The first-order valence-electron chi connectivity index (χ1n) is 8.27. The highest BCUT2D eigenvalue weighted by Crippen LogP contribution is 2.39. The van der Waals surface area contributed by atoms with Gasteiger partial charge in [0, 0.05) is 0 Å². The van der Waals surface area contributed by atoms with Gasteiger partial charge < -0.3 is 0 Å². The lowest BCUT2D eigenvalue weighted by atomic mass is 9.75. The van der Waals surface area contributed by atoms with Gasteiger partial charge in [0.2, 0.25) is 0 Å². The number of hydrogen-bond donors (Lipinski definition) is 0. The molecule has 1 aliphatic carbocycles. The lowest BCUT2D eigenvalue weighted by molar-refractivity contribution is 0.329. The molecule has 2 unspecified atom stereocenters. The van der Waals surface area contributed by atoms with E-state index in [1.54, 1.807) is 11.1 Å². The minimum atomic E-state index is 0.747. The molecule has 1 aliphatic rings. The van der Waals surface area contributed by atoms with Gasteiger partial charge >= 0.3 is 0 Å². The molecule has 0 bridgehead atoms. The van der Waals surface area contributed by atoms with Gasteiger partial charge in [0.25, 0.3) is 0 Å². The minimum Gasteiger partial charge on any atom is -0.0648 e. The predicted molar refractivity (Wildman–Crippen MR) is 84.9 cm³/mol. The first kappa shape index (κ1) is 14.6. The van der Waals surface area contributed by atoms with Gasteiger partial charge in [-0.15, -0.1) is 0 Å². The SMILES string of the molecule is CCC(CC)c1ccc(C2CCCCC2C)c(C)c1. The van der Waals surface area contributed by atoms with Gasteiger partial charge in [0.1, 0.15) is 0 Å². The molecule has 106 valence electrons. The normalized spacial score (nSPS) is 23.8. The third-order valence-electron chi connectivity index (χ3n) is 5.26. The van der Waals surface area contributed by atoms with Crippen LogP contribution in [-0.4, -0.2) is 0 Å². The highest BCUT2D eigenvalue weighted by molar-refractivity contribution is 5.35. The van der Waals surface area contributed by atoms with Crippen LogP contribution in [0.25, 0.3) is 0 Å². The third-order valence-corrected chi connectivity index (χ3v) is 5.26. The monoisotopic (exact) mass is 258 g/mol. The molecule has 2 atom stereocenters. The second-order valence-corrected chi connectivity index (χ2v) is 6.50. The third kappa shape index (κ3) is 3.22. The summed E-state index contributed by atoms with van der Waals surface area (Å²) in [7, 11) is 0. The van der Waals surface area contributed by atoms with Gasteiger partial charge in [-0.2, -0.15) is 0 Å². The smallest absolute Gasteiger partial charge is 0.0134 e. The molecule has 1 saturated carbocycles. The zero-order chi connectivity index (χ0) is 13.8. The second kappa shape index (κ2) is 6.59. The maximum Gasteiger partial charge on any atom is -0.0134 e. The summed E-state index contributed by atoms with van der Waals surface area (Å²) in [6, 6.07) is 7.31. The van der Waals surface area contributed by atoms with Crippen LogP contribution in [0.4, 0.5) is 0 Å². The molecule has 19 heavy (non-hydrogen) atoms. The van der Waals surface area contributed by atoms with Crippen molar-refractivity contribution in [3.05, 3.63) is 34.9 Å². The molecule has 0 nitrogen and oxygen atoms in total. The maximum atomic E-state index is 2.47. The van der Waals surface area contributed by atoms with Crippen molar-refractivity contribution in [2.75, 3.05) is 0 Å². The number of benzene rings is 1. The second-order valence-electron chi connectivity index (χ2n) is 6.50. The van der Waals surface area contributed by atoms with E-state index in [4.69, 9.17) is 0 Å². The van der Waals surface area contributed by atoms with Gasteiger partial charge in [-0.1, -0.05) is 58.2 Å². The van der Waals surface area contributed by atoms with Crippen LogP contribution in [-0.2, 0) is 0 Å². The van der Waals surface area contributed by atoms with Crippen molar-refractivity contribution >= 4 is 0 Å². The van der Waals surface area contributed by atoms with E-state index in [1.807, 2.05) is 0 Å². The van der Waals surface area contributed by atoms with Gasteiger partial charge in [0.05, 0.1) is 0 Å². The van der Waals surface area contributed by atoms with Crippen molar-refractivity contribution in [3.63, 3.8) is 0 Å². The van der Waals surface area contributed by atoms with Crippen LogP contribution in [0.1, 0.15) is 87.8 Å². The first-order chi connectivity index (χ1) is 9.17. The molecule has 1 fully saturated rings. The molecule has 0 radical (unpaired) electrons. The Bertz CT molecular complexity index is 400. The highest BCUT2D eigenvalue weighted by Gasteiger charge is 2.24. The number of aryl methyl sites for hydroxylation is 1. The van der Waals surface area contributed by atoms with E-state index in [2.05, 4.69) is 45.9 Å². The summed E-state index contributed by atoms with van der Waals surface area (Å²) in [5.74, 6) is 2.42. The molecule has 0 aliphatic heterocycles. The maximum absolute atomic E-state index is 2.47. The predicted octanol–water partition coefficient (Wildman–Crippen LogP) is 6.19. The van der Waals surface area contributed by atoms with Crippen LogP contribution in [0.3, 0.4) is 0 Å². The zero-order valence-corrected chi connectivity index (χ0v) is 13.2. The summed E-state index contributed by atoms with van der Waals surface area (Å²) in [4.78, 5) is 0. The van der Waals surface area contributed by atoms with Crippen molar-refractivity contribution in [1.29, 1.82) is 0 Å². The Kier molecular flexibility index (Phi) is 5.07. The van der Waals surface area contributed by atoms with Crippen molar-refractivity contribution < 1.29 is 0 Å². The van der Waals surface area contributed by atoms with E-state index >= 15 is 0 Å². The minimum absolute atomic E-state index is 0.747. The summed E-state index contributed by atoms with van der Waals surface area (Å²) in [6.45, 7) is 9.38. The molecule has 2 rings (SSSR count). The van der Waals surface area contributed by atoms with Crippen molar-refractivity contribution in [2.45, 2.75) is 78.1 Å². The fourth-order valence-corrected chi connectivity index (χ4v) is 3.91. The first-order valence-corrected chi connectivity index (χ1v) is 8.27. The van der Waals surface area contributed by atoms with E-state index in [9.17, 15) is 0 Å². The molecule has 1 aromatic rings. The Morgan fingerprint density at radius 3 is 2.37 bits per heavy atom. The van der Waals surface area contributed by atoms with Crippen LogP contribution < -0.4 is 0 Å². The molecule has 0 saturated heterocycles. The average molecular weight is 258 g/mol. The summed E-state index contributed by atoms with van der Waals surface area (Å²) in [5.41, 5.74) is 4.71. The van der Waals surface area contributed by atoms with Gasteiger partial charge in [-0.3, -0.25) is 0 Å². The van der Waals surface area contributed by atoms with Crippen LogP contribution >= 0.6 is 0 Å². The Balaban J connectivity index is 2.23. The largest absolute Gasteiger partial charge is 0.0648 e. The molecule has 0 amide bonds. The van der Waals surface area contributed by atoms with Crippen molar-refractivity contribution in [3.8, 4) is 0 Å². The molecular formula is C19H30. The molecule has 1 aromatic carbocycles. The van der Waals surface area contributed by atoms with Crippen molar-refractivity contribution in [1.82, 2.24) is 0 Å². The molecule has 0 N–H and O–H groups in total. The fourth-order valence-electron chi connectivity index (χ4n) is 3.91. The number of rotatable bonds is 4. The zero-order valence-electron chi connectivity index (χ0n) is 13.2. The standard InChI is InChI=1S/C19H30/c1-5-16(6-2)17-11-12-19(15(4)13-17)18-10-8-7-9-14(18)3/h11-14,16,18H,5-10H2,1-4H3. The summed E-state index contributed by atoms with van der Waals surface area (Å²) >= 11 is 0. The summed E-state index contributed by atoms with van der Waals surface area (Å²) < 4.78 is 0. The molecule has 0 spiro atoms. The van der Waals surface area contributed by atoms with Gasteiger partial charge in [0.15, 0.2) is 0 Å². The molecular weight excluding hydrogens is 228 g/mol. The molecule has 0 aromatic heterocycles. The van der Waals surface area contributed by atoms with E-state index in [0.717, 1.165) is 17.8 Å². The summed E-state index contributed by atoms with van der Waals surface area (Å²) in [6.07, 6.45) is 8.18. The number of hydrogen-bond acceptors (Lipinski definition) is 0. The summed E-state index contributed by atoms with van der Waals surface area (Å²) in [5, 5.41) is 0. The van der Waals surface area contributed by atoms with Crippen LogP contribution in [0.2, 0.25) is 0 Å². The van der Waals surface area contributed by atoms with E-state index in [-0.39, 0.29) is 0 Å². The molecule has 0 heterocycles. The Morgan fingerprint density at radius 1 is 1.11 bits per heavy atom. The topological polar surface area (TPSA) is 0 Å². The lowest BCUT2D eigenvalue weighted by Crippen LogP contribution is -2.16.